The van der Waals surface area contributed by atoms with E-state index in [1.165, 1.54) is 6.07 Å². The van der Waals surface area contributed by atoms with Crippen LogP contribution < -0.4 is 5.32 Å². The monoisotopic (exact) mass is 178 g/mol. The van der Waals surface area contributed by atoms with Crippen LogP contribution in [0.5, 0.6) is 0 Å². The van der Waals surface area contributed by atoms with E-state index in [9.17, 15) is 13.2 Å². The van der Waals surface area contributed by atoms with E-state index in [-0.39, 0.29) is 6.04 Å². The lowest BCUT2D eigenvalue weighted by Gasteiger charge is -2.18. The molecule has 0 spiro atoms. The maximum absolute atomic E-state index is 12.1. The standard InChI is InChI=1S/C7H9F3N2/c8-7(9,10)6(3-4-11)12-5-1-2-5/h5-6,12H,1-3H2. The highest BCUT2D eigenvalue weighted by Gasteiger charge is 2.42. The van der Waals surface area contributed by atoms with E-state index in [1.54, 1.807) is 0 Å². The SMILES string of the molecule is N#CCC(NC1CC1)C(F)(F)F. The fourth-order valence-electron chi connectivity index (χ4n) is 0.895. The van der Waals surface area contributed by atoms with Gasteiger partial charge in [-0.05, 0) is 12.8 Å². The van der Waals surface area contributed by atoms with E-state index in [2.05, 4.69) is 5.32 Å². The van der Waals surface area contributed by atoms with Gasteiger partial charge >= 0.3 is 6.18 Å². The van der Waals surface area contributed by atoms with Crippen LogP contribution in [-0.2, 0) is 0 Å². The second-order valence-electron chi connectivity index (χ2n) is 2.90. The molecule has 0 aliphatic heterocycles. The Hall–Kier alpha value is -0.760. The summed E-state index contributed by atoms with van der Waals surface area (Å²) in [5.41, 5.74) is 0. The lowest BCUT2D eigenvalue weighted by atomic mass is 10.2. The van der Waals surface area contributed by atoms with Crippen molar-refractivity contribution < 1.29 is 13.2 Å². The molecule has 68 valence electrons. The molecule has 0 radical (unpaired) electrons. The van der Waals surface area contributed by atoms with Crippen molar-refractivity contribution in [1.82, 2.24) is 5.32 Å². The first-order chi connectivity index (χ1) is 5.54. The summed E-state index contributed by atoms with van der Waals surface area (Å²) in [4.78, 5) is 0. The van der Waals surface area contributed by atoms with Crippen molar-refractivity contribution in [1.29, 1.82) is 5.26 Å². The van der Waals surface area contributed by atoms with Crippen LogP contribution in [0.2, 0.25) is 0 Å². The molecular weight excluding hydrogens is 169 g/mol. The van der Waals surface area contributed by atoms with Crippen LogP contribution in [0.1, 0.15) is 19.3 Å². The number of hydrogen-bond acceptors (Lipinski definition) is 2. The molecule has 2 nitrogen and oxygen atoms in total. The minimum absolute atomic E-state index is 0.0232. The molecule has 1 saturated carbocycles. The third-order valence-electron chi connectivity index (χ3n) is 1.70. The number of alkyl halides is 3. The molecule has 1 fully saturated rings. The van der Waals surface area contributed by atoms with Gasteiger partial charge in [0, 0.05) is 6.04 Å². The maximum Gasteiger partial charge on any atom is 0.404 e. The normalized spacial score (nSPS) is 20.2. The molecule has 0 amide bonds. The second-order valence-corrected chi connectivity index (χ2v) is 2.90. The summed E-state index contributed by atoms with van der Waals surface area (Å²) in [6, 6.07) is -0.142. The fraction of sp³-hybridized carbons (Fsp3) is 0.857. The molecule has 0 aromatic rings. The summed E-state index contributed by atoms with van der Waals surface area (Å²) in [6.45, 7) is 0. The van der Waals surface area contributed by atoms with Gasteiger partial charge in [-0.15, -0.1) is 0 Å². The van der Waals surface area contributed by atoms with Gasteiger partial charge in [-0.3, -0.25) is 0 Å². The molecule has 1 aliphatic rings. The maximum atomic E-state index is 12.1. The number of nitriles is 1. The summed E-state index contributed by atoms with van der Waals surface area (Å²) < 4.78 is 36.2. The highest BCUT2D eigenvalue weighted by Crippen LogP contribution is 2.27. The molecule has 1 rings (SSSR count). The van der Waals surface area contributed by atoms with Crippen LogP contribution in [0.3, 0.4) is 0 Å². The van der Waals surface area contributed by atoms with Crippen molar-refractivity contribution in [3.63, 3.8) is 0 Å². The van der Waals surface area contributed by atoms with Gasteiger partial charge in [-0.2, -0.15) is 18.4 Å². The van der Waals surface area contributed by atoms with E-state index in [0.717, 1.165) is 12.8 Å². The topological polar surface area (TPSA) is 35.8 Å². The van der Waals surface area contributed by atoms with Gasteiger partial charge < -0.3 is 5.32 Å². The fourth-order valence-corrected chi connectivity index (χ4v) is 0.895. The summed E-state index contributed by atoms with van der Waals surface area (Å²) >= 11 is 0. The minimum Gasteiger partial charge on any atom is -0.302 e. The highest BCUT2D eigenvalue weighted by molar-refractivity contribution is 4.92. The zero-order valence-electron chi connectivity index (χ0n) is 6.36. The van der Waals surface area contributed by atoms with Crippen LogP contribution in [0.4, 0.5) is 13.2 Å². The van der Waals surface area contributed by atoms with Gasteiger partial charge in [-0.25, -0.2) is 0 Å². The summed E-state index contributed by atoms with van der Waals surface area (Å²) in [5, 5.41) is 10.5. The first kappa shape index (κ1) is 9.33. The minimum atomic E-state index is -4.29. The van der Waals surface area contributed by atoms with Gasteiger partial charge in [-0.1, -0.05) is 0 Å². The lowest BCUT2D eigenvalue weighted by molar-refractivity contribution is -0.155. The molecule has 0 bridgehead atoms. The Bertz CT molecular complexity index is 190. The molecule has 1 unspecified atom stereocenters. The quantitative estimate of drug-likeness (QED) is 0.712. The van der Waals surface area contributed by atoms with Crippen LogP contribution >= 0.6 is 0 Å². The number of rotatable bonds is 3. The highest BCUT2D eigenvalue weighted by atomic mass is 19.4. The van der Waals surface area contributed by atoms with Gasteiger partial charge in [0.15, 0.2) is 0 Å². The number of hydrogen-bond donors (Lipinski definition) is 1. The molecule has 0 aromatic carbocycles. The van der Waals surface area contributed by atoms with E-state index >= 15 is 0 Å². The Labute approximate surface area is 68.4 Å². The summed E-state index contributed by atoms with van der Waals surface area (Å²) in [6.07, 6.45) is -3.21. The third-order valence-corrected chi connectivity index (χ3v) is 1.70. The third kappa shape index (κ3) is 2.70. The van der Waals surface area contributed by atoms with E-state index in [0.29, 0.717) is 0 Å². The molecule has 1 atom stereocenters. The Morgan fingerprint density at radius 3 is 2.42 bits per heavy atom. The number of nitrogens with zero attached hydrogens (tertiary/aromatic N) is 1. The molecular formula is C7H9F3N2. The van der Waals surface area contributed by atoms with Crippen molar-refractivity contribution in [3.05, 3.63) is 0 Å². The van der Waals surface area contributed by atoms with Crippen molar-refractivity contribution in [2.75, 3.05) is 0 Å². The van der Waals surface area contributed by atoms with E-state index in [1.807, 2.05) is 0 Å². The summed E-state index contributed by atoms with van der Waals surface area (Å²) in [5.74, 6) is 0. The summed E-state index contributed by atoms with van der Waals surface area (Å²) in [7, 11) is 0. The van der Waals surface area contributed by atoms with E-state index in [4.69, 9.17) is 5.26 Å². The predicted molar refractivity (Wildman–Crippen MR) is 36.2 cm³/mol. The molecule has 12 heavy (non-hydrogen) atoms. The average molecular weight is 178 g/mol. The first-order valence-electron chi connectivity index (χ1n) is 3.73. The Kier molecular flexibility index (Phi) is 2.58. The zero-order valence-corrected chi connectivity index (χ0v) is 6.36. The average Bonchev–Trinajstić information content (AvgIpc) is 2.68. The molecule has 0 heterocycles. The van der Waals surface area contributed by atoms with Crippen molar-refractivity contribution in [3.8, 4) is 6.07 Å². The Morgan fingerprint density at radius 1 is 1.50 bits per heavy atom. The predicted octanol–water partition coefficient (Wildman–Crippen LogP) is 1.58. The van der Waals surface area contributed by atoms with Crippen molar-refractivity contribution in [2.24, 2.45) is 0 Å². The smallest absolute Gasteiger partial charge is 0.302 e. The molecule has 5 heteroatoms. The van der Waals surface area contributed by atoms with Crippen LogP contribution in [-0.4, -0.2) is 18.3 Å². The van der Waals surface area contributed by atoms with Gasteiger partial charge in [0.2, 0.25) is 0 Å². The zero-order chi connectivity index (χ0) is 9.19. The van der Waals surface area contributed by atoms with Crippen molar-refractivity contribution in [2.45, 2.75) is 37.5 Å². The van der Waals surface area contributed by atoms with Crippen LogP contribution in [0.15, 0.2) is 0 Å². The van der Waals surface area contributed by atoms with Gasteiger partial charge in [0.25, 0.3) is 0 Å². The van der Waals surface area contributed by atoms with Gasteiger partial charge in [0.05, 0.1) is 12.5 Å². The molecule has 0 saturated heterocycles. The van der Waals surface area contributed by atoms with Crippen LogP contribution in [0.25, 0.3) is 0 Å². The second kappa shape index (κ2) is 3.31. The molecule has 1 aliphatic carbocycles. The number of nitrogens with one attached hydrogen (secondary N) is 1. The molecule has 0 aromatic heterocycles. The van der Waals surface area contributed by atoms with Crippen LogP contribution in [0, 0.1) is 11.3 Å². The van der Waals surface area contributed by atoms with Crippen molar-refractivity contribution >= 4 is 0 Å². The van der Waals surface area contributed by atoms with Gasteiger partial charge in [0.1, 0.15) is 6.04 Å². The lowest BCUT2D eigenvalue weighted by Crippen LogP contribution is -2.43. The van der Waals surface area contributed by atoms with E-state index < -0.39 is 18.6 Å². The number of halogens is 3. The Morgan fingerprint density at radius 2 is 2.08 bits per heavy atom. The largest absolute Gasteiger partial charge is 0.404 e. The first-order valence-corrected chi connectivity index (χ1v) is 3.73. The molecule has 1 N–H and O–H groups in total. The Balaban J connectivity index is 2.42.